The Bertz CT molecular complexity index is 594. The maximum atomic E-state index is 12.6. The number of hydrogen-bond acceptors (Lipinski definition) is 1. The van der Waals surface area contributed by atoms with Crippen LogP contribution in [0.4, 0.5) is 0 Å². The predicted octanol–water partition coefficient (Wildman–Crippen LogP) is 4.31. The first-order chi connectivity index (χ1) is 10.8. The topological polar surface area (TPSA) is 20.3 Å². The summed E-state index contributed by atoms with van der Waals surface area (Å²) in [4.78, 5) is 14.7. The zero-order valence-corrected chi connectivity index (χ0v) is 12.9. The third kappa shape index (κ3) is 3.56. The molecule has 1 atom stereocenters. The largest absolute Gasteiger partial charge is 0.336 e. The van der Waals surface area contributed by atoms with Crippen LogP contribution in [0, 0.1) is 0 Å². The Labute approximate surface area is 132 Å². The zero-order valence-electron chi connectivity index (χ0n) is 12.9. The van der Waals surface area contributed by atoms with Gasteiger partial charge in [-0.05, 0) is 49.8 Å². The number of benzene rings is 2. The van der Waals surface area contributed by atoms with Crippen molar-refractivity contribution in [3.63, 3.8) is 0 Å². The van der Waals surface area contributed by atoms with Gasteiger partial charge in [-0.1, -0.05) is 48.5 Å². The summed E-state index contributed by atoms with van der Waals surface area (Å²) in [6.07, 6.45) is 5.63. The minimum atomic E-state index is 0.197. The van der Waals surface area contributed by atoms with Crippen molar-refractivity contribution in [2.45, 2.75) is 38.1 Å². The molecule has 0 aromatic heterocycles. The summed E-state index contributed by atoms with van der Waals surface area (Å²) in [6, 6.07) is 20.7. The molecule has 114 valence electrons. The molecule has 0 saturated carbocycles. The normalized spacial score (nSPS) is 17.6. The van der Waals surface area contributed by atoms with Gasteiger partial charge in [0.15, 0.2) is 0 Å². The van der Waals surface area contributed by atoms with Gasteiger partial charge in [0.2, 0.25) is 0 Å². The molecule has 1 heterocycles. The lowest BCUT2D eigenvalue weighted by molar-refractivity contribution is 0.0729. The number of likely N-dealkylation sites (tertiary alicyclic amines) is 1. The fraction of sp³-hybridized carbons (Fsp3) is 0.350. The van der Waals surface area contributed by atoms with Crippen LogP contribution in [0.3, 0.4) is 0 Å². The molecule has 3 rings (SSSR count). The van der Waals surface area contributed by atoms with Crippen molar-refractivity contribution >= 4 is 5.91 Å². The lowest BCUT2D eigenvalue weighted by atomic mass is 10.0. The van der Waals surface area contributed by atoms with Gasteiger partial charge in [-0.3, -0.25) is 4.79 Å². The van der Waals surface area contributed by atoms with Gasteiger partial charge in [-0.2, -0.15) is 0 Å². The van der Waals surface area contributed by atoms with E-state index in [0.717, 1.165) is 44.2 Å². The Morgan fingerprint density at radius 3 is 2.41 bits per heavy atom. The number of amides is 1. The first kappa shape index (κ1) is 14.8. The number of nitrogens with zero attached hydrogens (tertiary/aromatic N) is 1. The molecule has 0 unspecified atom stereocenters. The van der Waals surface area contributed by atoms with E-state index in [9.17, 15) is 4.79 Å². The summed E-state index contributed by atoms with van der Waals surface area (Å²) in [6.45, 7) is 0.906. The van der Waals surface area contributed by atoms with Crippen molar-refractivity contribution in [1.29, 1.82) is 0 Å². The molecule has 1 saturated heterocycles. The van der Waals surface area contributed by atoms with Crippen molar-refractivity contribution < 1.29 is 4.79 Å². The highest BCUT2D eigenvalue weighted by Crippen LogP contribution is 2.24. The van der Waals surface area contributed by atoms with Crippen LogP contribution in [0.5, 0.6) is 0 Å². The molecule has 1 aliphatic heterocycles. The Kier molecular flexibility index (Phi) is 4.89. The predicted molar refractivity (Wildman–Crippen MR) is 89.9 cm³/mol. The van der Waals surface area contributed by atoms with Crippen molar-refractivity contribution in [1.82, 2.24) is 4.90 Å². The van der Waals surface area contributed by atoms with E-state index < -0.39 is 0 Å². The number of carbonyl (C=O) groups excluding carboxylic acids is 1. The summed E-state index contributed by atoms with van der Waals surface area (Å²) in [5.41, 5.74) is 2.21. The molecule has 1 aliphatic rings. The number of rotatable bonds is 5. The maximum Gasteiger partial charge on any atom is 0.254 e. The number of carbonyl (C=O) groups is 1. The van der Waals surface area contributed by atoms with E-state index in [0.29, 0.717) is 6.04 Å². The summed E-state index contributed by atoms with van der Waals surface area (Å²) in [7, 11) is 0. The summed E-state index contributed by atoms with van der Waals surface area (Å²) < 4.78 is 0. The number of aryl methyl sites for hydroxylation is 1. The molecule has 0 aliphatic carbocycles. The minimum Gasteiger partial charge on any atom is -0.336 e. The van der Waals surface area contributed by atoms with Crippen LogP contribution in [0.2, 0.25) is 0 Å². The first-order valence-electron chi connectivity index (χ1n) is 8.24. The van der Waals surface area contributed by atoms with Crippen molar-refractivity contribution in [2.75, 3.05) is 6.54 Å². The van der Waals surface area contributed by atoms with Gasteiger partial charge in [-0.15, -0.1) is 0 Å². The average Bonchev–Trinajstić information content (AvgIpc) is 3.04. The van der Waals surface area contributed by atoms with Crippen LogP contribution in [0.25, 0.3) is 0 Å². The van der Waals surface area contributed by atoms with Crippen molar-refractivity contribution in [2.24, 2.45) is 0 Å². The highest BCUT2D eigenvalue weighted by atomic mass is 16.2. The van der Waals surface area contributed by atoms with Gasteiger partial charge in [0.1, 0.15) is 0 Å². The van der Waals surface area contributed by atoms with Gasteiger partial charge in [0.05, 0.1) is 0 Å². The monoisotopic (exact) mass is 293 g/mol. The molecule has 0 N–H and O–H groups in total. The third-order valence-corrected chi connectivity index (χ3v) is 4.50. The van der Waals surface area contributed by atoms with E-state index in [1.54, 1.807) is 0 Å². The van der Waals surface area contributed by atoms with Crippen LogP contribution >= 0.6 is 0 Å². The first-order valence-corrected chi connectivity index (χ1v) is 8.24. The highest BCUT2D eigenvalue weighted by Gasteiger charge is 2.28. The second-order valence-corrected chi connectivity index (χ2v) is 6.04. The maximum absolute atomic E-state index is 12.6. The molecule has 0 spiro atoms. The Morgan fingerprint density at radius 1 is 1.00 bits per heavy atom. The molecule has 0 radical (unpaired) electrons. The van der Waals surface area contributed by atoms with Gasteiger partial charge in [0.25, 0.3) is 5.91 Å². The third-order valence-electron chi connectivity index (χ3n) is 4.50. The van der Waals surface area contributed by atoms with Crippen LogP contribution in [-0.4, -0.2) is 23.4 Å². The molecule has 1 amide bonds. The summed E-state index contributed by atoms with van der Waals surface area (Å²) >= 11 is 0. The van der Waals surface area contributed by atoms with E-state index >= 15 is 0 Å². The van der Waals surface area contributed by atoms with Crippen LogP contribution < -0.4 is 0 Å². The SMILES string of the molecule is O=C(c1ccccc1)N1CCC[C@H]1CCCc1ccccc1. The van der Waals surface area contributed by atoms with E-state index in [2.05, 4.69) is 35.2 Å². The minimum absolute atomic E-state index is 0.197. The van der Waals surface area contributed by atoms with E-state index in [4.69, 9.17) is 0 Å². The van der Waals surface area contributed by atoms with E-state index in [-0.39, 0.29) is 5.91 Å². The second kappa shape index (κ2) is 7.26. The van der Waals surface area contributed by atoms with E-state index in [1.807, 2.05) is 30.3 Å². The highest BCUT2D eigenvalue weighted by molar-refractivity contribution is 5.94. The molecule has 0 bridgehead atoms. The molecule has 1 fully saturated rings. The molecule has 22 heavy (non-hydrogen) atoms. The summed E-state index contributed by atoms with van der Waals surface area (Å²) in [5.74, 6) is 0.197. The Hall–Kier alpha value is -2.09. The van der Waals surface area contributed by atoms with Crippen LogP contribution in [0.15, 0.2) is 60.7 Å². The molecule has 2 nitrogen and oxygen atoms in total. The van der Waals surface area contributed by atoms with Gasteiger partial charge < -0.3 is 4.90 Å². The molecular weight excluding hydrogens is 270 g/mol. The lowest BCUT2D eigenvalue weighted by Gasteiger charge is -2.25. The molecule has 2 aromatic rings. The van der Waals surface area contributed by atoms with Crippen LogP contribution in [0.1, 0.15) is 41.6 Å². The van der Waals surface area contributed by atoms with Gasteiger partial charge in [-0.25, -0.2) is 0 Å². The van der Waals surface area contributed by atoms with Gasteiger partial charge in [0, 0.05) is 18.2 Å². The van der Waals surface area contributed by atoms with Gasteiger partial charge >= 0.3 is 0 Å². The second-order valence-electron chi connectivity index (χ2n) is 6.04. The van der Waals surface area contributed by atoms with E-state index in [1.165, 1.54) is 5.56 Å². The summed E-state index contributed by atoms with van der Waals surface area (Å²) in [5, 5.41) is 0. The van der Waals surface area contributed by atoms with Crippen LogP contribution in [-0.2, 0) is 6.42 Å². The fourth-order valence-electron chi connectivity index (χ4n) is 3.34. The Morgan fingerprint density at radius 2 is 1.68 bits per heavy atom. The zero-order chi connectivity index (χ0) is 15.2. The lowest BCUT2D eigenvalue weighted by Crippen LogP contribution is -2.35. The smallest absolute Gasteiger partial charge is 0.254 e. The number of hydrogen-bond donors (Lipinski definition) is 0. The average molecular weight is 293 g/mol. The van der Waals surface area contributed by atoms with Crippen molar-refractivity contribution in [3.05, 3.63) is 71.8 Å². The molecular formula is C20H23NO. The van der Waals surface area contributed by atoms with Crippen molar-refractivity contribution in [3.8, 4) is 0 Å². The quantitative estimate of drug-likeness (QED) is 0.804. The molecule has 2 aromatic carbocycles. The Balaban J connectivity index is 1.56. The molecule has 2 heteroatoms. The fourth-order valence-corrected chi connectivity index (χ4v) is 3.34. The standard InChI is InChI=1S/C20H23NO/c22-20(18-12-5-2-6-13-18)21-16-8-15-19(21)14-7-11-17-9-3-1-4-10-17/h1-6,9-10,12-13,19H,7-8,11,14-16H2/t19-/m1/s1.